The van der Waals surface area contributed by atoms with Crippen molar-refractivity contribution >= 4 is 10.0 Å². The Morgan fingerprint density at radius 3 is 2.28 bits per heavy atom. The van der Waals surface area contributed by atoms with Crippen LogP contribution in [0.3, 0.4) is 0 Å². The van der Waals surface area contributed by atoms with Crippen LogP contribution in [0.4, 0.5) is 0 Å². The molecule has 0 aliphatic heterocycles. The molecule has 0 atom stereocenters. The first-order chi connectivity index (χ1) is 13.8. The molecule has 0 amide bonds. The third-order valence-electron chi connectivity index (χ3n) is 5.37. The van der Waals surface area contributed by atoms with Gasteiger partial charge in [-0.2, -0.15) is 5.10 Å². The summed E-state index contributed by atoms with van der Waals surface area (Å²) in [5, 5.41) is 4.21. The van der Waals surface area contributed by atoms with Crippen molar-refractivity contribution in [3.63, 3.8) is 0 Å². The van der Waals surface area contributed by atoms with Crippen molar-refractivity contribution in [3.8, 4) is 17.2 Å². The van der Waals surface area contributed by atoms with Crippen molar-refractivity contribution in [1.82, 2.24) is 14.5 Å². The van der Waals surface area contributed by atoms with Crippen LogP contribution in [-0.2, 0) is 17.1 Å². The summed E-state index contributed by atoms with van der Waals surface area (Å²) in [6, 6.07) is 5.41. The van der Waals surface area contributed by atoms with Crippen molar-refractivity contribution < 1.29 is 22.6 Å². The lowest BCUT2D eigenvalue weighted by Gasteiger charge is -2.30. The third kappa shape index (κ3) is 4.51. The van der Waals surface area contributed by atoms with Crippen molar-refractivity contribution in [2.24, 2.45) is 7.05 Å². The average Bonchev–Trinajstić information content (AvgIpc) is 2.95. The normalized spacial score (nSPS) is 19.8. The first-order valence-corrected chi connectivity index (χ1v) is 11.1. The maximum Gasteiger partial charge on any atom is 0.244 e. The number of methoxy groups -OCH3 is 2. The van der Waals surface area contributed by atoms with E-state index in [-0.39, 0.29) is 17.0 Å². The van der Waals surface area contributed by atoms with Gasteiger partial charge in [-0.25, -0.2) is 13.1 Å². The highest BCUT2D eigenvalue weighted by Gasteiger charge is 2.30. The van der Waals surface area contributed by atoms with E-state index >= 15 is 0 Å². The standard InChI is InChI=1S/C20H29N3O5S/c1-13-20(14(2)23(3)21-13)29(24,25)22-15-9-11-16(12-10-15)28-18-8-6-7-17(26-4)19(18)27-5/h6-8,15-16,22H,9-12H2,1-5H3. The maximum absolute atomic E-state index is 12.9. The Hall–Kier alpha value is -2.26. The molecule has 2 aromatic rings. The molecule has 1 saturated carbocycles. The van der Waals surface area contributed by atoms with Gasteiger partial charge < -0.3 is 14.2 Å². The highest BCUT2D eigenvalue weighted by molar-refractivity contribution is 7.89. The first-order valence-electron chi connectivity index (χ1n) is 9.67. The van der Waals surface area contributed by atoms with E-state index in [0.29, 0.717) is 41.5 Å². The van der Waals surface area contributed by atoms with E-state index in [1.165, 1.54) is 0 Å². The Kier molecular flexibility index (Phi) is 6.38. The number of para-hydroxylation sites is 1. The van der Waals surface area contributed by atoms with Gasteiger partial charge in [0.25, 0.3) is 0 Å². The van der Waals surface area contributed by atoms with Gasteiger partial charge in [-0.3, -0.25) is 4.68 Å². The number of benzene rings is 1. The molecule has 0 saturated heterocycles. The summed E-state index contributed by atoms with van der Waals surface area (Å²) in [4.78, 5) is 0.277. The van der Waals surface area contributed by atoms with Crippen LogP contribution in [-0.4, -0.2) is 44.6 Å². The number of aromatic nitrogens is 2. The molecule has 0 unspecified atom stereocenters. The smallest absolute Gasteiger partial charge is 0.244 e. The van der Waals surface area contributed by atoms with Gasteiger partial charge in [0.15, 0.2) is 11.5 Å². The molecule has 1 aromatic heterocycles. The summed E-state index contributed by atoms with van der Waals surface area (Å²) in [5.74, 6) is 1.83. The molecule has 0 bridgehead atoms. The molecule has 0 spiro atoms. The fraction of sp³-hybridized carbons (Fsp3) is 0.550. The molecular formula is C20H29N3O5S. The molecule has 1 heterocycles. The monoisotopic (exact) mass is 423 g/mol. The molecule has 1 fully saturated rings. The Balaban J connectivity index is 1.63. The topological polar surface area (TPSA) is 91.7 Å². The van der Waals surface area contributed by atoms with Crippen LogP contribution in [0.2, 0.25) is 0 Å². The number of hydrogen-bond acceptors (Lipinski definition) is 6. The van der Waals surface area contributed by atoms with Crippen molar-refractivity contribution in [3.05, 3.63) is 29.6 Å². The van der Waals surface area contributed by atoms with Gasteiger partial charge in [0.2, 0.25) is 15.8 Å². The van der Waals surface area contributed by atoms with E-state index in [0.717, 1.165) is 12.8 Å². The Bertz CT molecular complexity index is 963. The van der Waals surface area contributed by atoms with E-state index in [1.807, 2.05) is 18.2 Å². The molecule has 1 aromatic carbocycles. The molecule has 1 N–H and O–H groups in total. The van der Waals surface area contributed by atoms with Gasteiger partial charge in [0.1, 0.15) is 4.90 Å². The van der Waals surface area contributed by atoms with Gasteiger partial charge in [0.05, 0.1) is 31.7 Å². The Morgan fingerprint density at radius 1 is 1.07 bits per heavy atom. The minimum Gasteiger partial charge on any atom is -0.493 e. The molecule has 29 heavy (non-hydrogen) atoms. The zero-order valence-corrected chi connectivity index (χ0v) is 18.4. The molecular weight excluding hydrogens is 394 g/mol. The zero-order chi connectivity index (χ0) is 21.2. The third-order valence-corrected chi connectivity index (χ3v) is 7.14. The van der Waals surface area contributed by atoms with E-state index in [9.17, 15) is 8.42 Å². The van der Waals surface area contributed by atoms with Gasteiger partial charge in [-0.05, 0) is 51.7 Å². The molecule has 160 valence electrons. The molecule has 3 rings (SSSR count). The summed E-state index contributed by atoms with van der Waals surface area (Å²) in [6.07, 6.45) is 2.90. The Labute approximate surface area is 172 Å². The minimum absolute atomic E-state index is 0.00127. The van der Waals surface area contributed by atoms with Crippen LogP contribution in [0.5, 0.6) is 17.2 Å². The second-order valence-electron chi connectivity index (χ2n) is 7.33. The number of sulfonamides is 1. The maximum atomic E-state index is 12.9. The van der Waals surface area contributed by atoms with E-state index in [2.05, 4.69) is 9.82 Å². The molecule has 1 aliphatic rings. The first kappa shape index (κ1) is 21.4. The molecule has 9 heteroatoms. The summed E-state index contributed by atoms with van der Waals surface area (Å²) in [7, 11) is 1.31. The molecule has 8 nitrogen and oxygen atoms in total. The van der Waals surface area contributed by atoms with Gasteiger partial charge >= 0.3 is 0 Å². The van der Waals surface area contributed by atoms with Gasteiger partial charge in [0, 0.05) is 13.1 Å². The average molecular weight is 424 g/mol. The van der Waals surface area contributed by atoms with Crippen molar-refractivity contribution in [2.45, 2.75) is 56.6 Å². The summed E-state index contributed by atoms with van der Waals surface area (Å²) in [5.41, 5.74) is 1.15. The lowest BCUT2D eigenvalue weighted by Crippen LogP contribution is -2.40. The predicted molar refractivity (Wildman–Crippen MR) is 109 cm³/mol. The van der Waals surface area contributed by atoms with Crippen LogP contribution < -0.4 is 18.9 Å². The summed E-state index contributed by atoms with van der Waals surface area (Å²) < 4.78 is 47.0. The second kappa shape index (κ2) is 8.62. The SMILES string of the molecule is COc1cccc(OC2CCC(NS(=O)(=O)c3c(C)nn(C)c3C)CC2)c1OC. The number of ether oxygens (including phenoxy) is 3. The molecule has 0 radical (unpaired) electrons. The van der Waals surface area contributed by atoms with E-state index < -0.39 is 10.0 Å². The van der Waals surface area contributed by atoms with Crippen LogP contribution in [0.15, 0.2) is 23.1 Å². The Morgan fingerprint density at radius 2 is 1.72 bits per heavy atom. The highest BCUT2D eigenvalue weighted by atomic mass is 32.2. The number of nitrogens with zero attached hydrogens (tertiary/aromatic N) is 2. The second-order valence-corrected chi connectivity index (χ2v) is 8.98. The van der Waals surface area contributed by atoms with Crippen LogP contribution in [0.25, 0.3) is 0 Å². The fourth-order valence-electron chi connectivity index (χ4n) is 3.85. The van der Waals surface area contributed by atoms with Gasteiger partial charge in [-0.15, -0.1) is 0 Å². The highest BCUT2D eigenvalue weighted by Crippen LogP contribution is 2.38. The van der Waals surface area contributed by atoms with Crippen LogP contribution in [0, 0.1) is 13.8 Å². The number of hydrogen-bond donors (Lipinski definition) is 1. The van der Waals surface area contributed by atoms with Crippen LogP contribution >= 0.6 is 0 Å². The largest absolute Gasteiger partial charge is 0.493 e. The summed E-state index contributed by atoms with van der Waals surface area (Å²) in [6.45, 7) is 3.48. The fourth-order valence-corrected chi connectivity index (χ4v) is 5.59. The predicted octanol–water partition coefficient (Wildman–Crippen LogP) is 2.72. The van der Waals surface area contributed by atoms with Crippen molar-refractivity contribution in [2.75, 3.05) is 14.2 Å². The number of aryl methyl sites for hydroxylation is 2. The molecule has 1 aliphatic carbocycles. The lowest BCUT2D eigenvalue weighted by atomic mass is 9.93. The number of nitrogens with one attached hydrogen (secondary N) is 1. The van der Waals surface area contributed by atoms with E-state index in [4.69, 9.17) is 14.2 Å². The van der Waals surface area contributed by atoms with Crippen molar-refractivity contribution in [1.29, 1.82) is 0 Å². The quantitative estimate of drug-likeness (QED) is 0.736. The minimum atomic E-state index is -3.61. The van der Waals surface area contributed by atoms with Crippen LogP contribution in [0.1, 0.15) is 37.1 Å². The lowest BCUT2D eigenvalue weighted by molar-refractivity contribution is 0.138. The number of rotatable bonds is 7. The van der Waals surface area contributed by atoms with E-state index in [1.54, 1.807) is 39.8 Å². The van der Waals surface area contributed by atoms with Gasteiger partial charge in [-0.1, -0.05) is 6.07 Å². The zero-order valence-electron chi connectivity index (χ0n) is 17.6. The summed E-state index contributed by atoms with van der Waals surface area (Å²) >= 11 is 0.